The van der Waals surface area contributed by atoms with Gasteiger partial charge in [0.25, 0.3) is 5.56 Å². The Morgan fingerprint density at radius 3 is 2.59 bits per heavy atom. The number of nitrogens with one attached hydrogen (secondary N) is 1. The largest absolute Gasteiger partial charge is 0.447 e. The number of aryl methyl sites for hydroxylation is 1. The zero-order chi connectivity index (χ0) is 19.7. The third-order valence-corrected chi connectivity index (χ3v) is 4.91. The summed E-state index contributed by atoms with van der Waals surface area (Å²) in [7, 11) is 2.89. The van der Waals surface area contributed by atoms with E-state index in [-0.39, 0.29) is 23.4 Å². The van der Waals surface area contributed by atoms with Crippen molar-refractivity contribution in [2.75, 3.05) is 6.54 Å². The number of nitrogens with zero attached hydrogens (tertiary/aromatic N) is 2. The van der Waals surface area contributed by atoms with Crippen molar-refractivity contribution >= 4 is 40.2 Å². The number of hydrogen-bond donors (Lipinski definition) is 1. The Balaban J connectivity index is 1.71. The van der Waals surface area contributed by atoms with Crippen LogP contribution in [0.4, 0.5) is 0 Å². The molecule has 0 fully saturated rings. The number of amides is 1. The summed E-state index contributed by atoms with van der Waals surface area (Å²) in [5.74, 6) is -0.265. The van der Waals surface area contributed by atoms with Gasteiger partial charge < -0.3 is 9.73 Å². The van der Waals surface area contributed by atoms with Gasteiger partial charge in [-0.1, -0.05) is 29.3 Å². The van der Waals surface area contributed by atoms with Crippen LogP contribution in [0.5, 0.6) is 0 Å². The van der Waals surface area contributed by atoms with Crippen molar-refractivity contribution in [3.8, 4) is 0 Å². The van der Waals surface area contributed by atoms with Gasteiger partial charge in [0.15, 0.2) is 0 Å². The summed E-state index contributed by atoms with van der Waals surface area (Å²) in [6.45, 7) is 0.381. The van der Waals surface area contributed by atoms with E-state index >= 15 is 0 Å². The molecule has 142 valence electrons. The molecule has 3 aromatic rings. The number of benzene rings is 1. The molecule has 2 heterocycles. The number of aromatic nitrogens is 2. The Morgan fingerprint density at radius 2 is 1.89 bits per heavy atom. The van der Waals surface area contributed by atoms with Crippen molar-refractivity contribution in [2.24, 2.45) is 14.1 Å². The molecule has 0 aliphatic heterocycles. The van der Waals surface area contributed by atoms with Crippen LogP contribution in [-0.2, 0) is 31.7 Å². The molecule has 0 radical (unpaired) electrons. The van der Waals surface area contributed by atoms with Crippen LogP contribution >= 0.6 is 23.2 Å². The lowest BCUT2D eigenvalue weighted by atomic mass is 10.1. The van der Waals surface area contributed by atoms with E-state index in [0.717, 1.165) is 10.1 Å². The summed E-state index contributed by atoms with van der Waals surface area (Å²) >= 11 is 12.0. The van der Waals surface area contributed by atoms with E-state index in [9.17, 15) is 14.4 Å². The normalized spacial score (nSPS) is 11.1. The van der Waals surface area contributed by atoms with Gasteiger partial charge >= 0.3 is 5.69 Å². The average molecular weight is 410 g/mol. The van der Waals surface area contributed by atoms with Crippen LogP contribution in [0.1, 0.15) is 11.1 Å². The third-order valence-electron chi connectivity index (χ3n) is 4.33. The first-order valence-electron chi connectivity index (χ1n) is 8.16. The van der Waals surface area contributed by atoms with E-state index in [1.807, 2.05) is 6.07 Å². The Morgan fingerprint density at radius 1 is 1.15 bits per heavy atom. The third kappa shape index (κ3) is 3.79. The van der Waals surface area contributed by atoms with Crippen LogP contribution in [0.2, 0.25) is 10.0 Å². The number of carbonyl (C=O) groups excluding carboxylic acids is 1. The van der Waals surface area contributed by atoms with E-state index in [0.29, 0.717) is 28.6 Å². The summed E-state index contributed by atoms with van der Waals surface area (Å²) in [4.78, 5) is 36.5. The predicted octanol–water partition coefficient (Wildman–Crippen LogP) is 2.04. The molecule has 7 nitrogen and oxygen atoms in total. The highest BCUT2D eigenvalue weighted by molar-refractivity contribution is 6.35. The molecule has 1 amide bonds. The lowest BCUT2D eigenvalue weighted by molar-refractivity contribution is -0.120. The maximum absolute atomic E-state index is 12.4. The second-order valence-corrected chi connectivity index (χ2v) is 7.00. The molecular weight excluding hydrogens is 393 g/mol. The summed E-state index contributed by atoms with van der Waals surface area (Å²) < 4.78 is 7.56. The Labute approximate surface area is 164 Å². The van der Waals surface area contributed by atoms with Crippen molar-refractivity contribution in [3.05, 3.63) is 66.5 Å². The molecule has 0 atom stereocenters. The van der Waals surface area contributed by atoms with Gasteiger partial charge in [0.1, 0.15) is 5.39 Å². The molecule has 1 N–H and O–H groups in total. The van der Waals surface area contributed by atoms with Gasteiger partial charge in [-0.3, -0.25) is 18.7 Å². The number of fused-ring (bicyclic) bond motifs is 1. The smallest absolute Gasteiger partial charge is 0.333 e. The lowest BCUT2D eigenvalue weighted by Crippen LogP contribution is -2.37. The number of carbonyl (C=O) groups is 1. The molecule has 9 heteroatoms. The highest BCUT2D eigenvalue weighted by Crippen LogP contribution is 2.21. The van der Waals surface area contributed by atoms with E-state index < -0.39 is 11.2 Å². The second-order valence-electron chi connectivity index (χ2n) is 6.16. The fraction of sp³-hybridized carbons (Fsp3) is 0.278. The van der Waals surface area contributed by atoms with Crippen LogP contribution < -0.4 is 16.6 Å². The van der Waals surface area contributed by atoms with Gasteiger partial charge in [-0.15, -0.1) is 0 Å². The number of halogens is 2. The number of furan rings is 1. The van der Waals surface area contributed by atoms with Crippen LogP contribution in [-0.4, -0.2) is 21.6 Å². The molecule has 27 heavy (non-hydrogen) atoms. The molecule has 0 bridgehead atoms. The first-order valence-corrected chi connectivity index (χ1v) is 8.92. The van der Waals surface area contributed by atoms with Crippen molar-refractivity contribution in [2.45, 2.75) is 12.8 Å². The summed E-state index contributed by atoms with van der Waals surface area (Å²) in [5.41, 5.74) is 0.483. The topological polar surface area (TPSA) is 86.2 Å². The standard InChI is InChI=1S/C18H17Cl2N3O4/c1-22-16(25)15-11(9-27-17(15)23(2)18(22)26)7-14(24)21-6-5-10-3-4-12(19)8-13(10)20/h3-4,8-9H,5-7H2,1-2H3,(H,21,24). The zero-order valence-corrected chi connectivity index (χ0v) is 16.2. The van der Waals surface area contributed by atoms with Crippen LogP contribution in [0.15, 0.2) is 38.5 Å². The maximum atomic E-state index is 12.4. The quantitative estimate of drug-likeness (QED) is 0.698. The van der Waals surface area contributed by atoms with Gasteiger partial charge in [0.05, 0.1) is 12.7 Å². The lowest BCUT2D eigenvalue weighted by Gasteiger charge is -2.07. The monoisotopic (exact) mass is 409 g/mol. The predicted molar refractivity (Wildman–Crippen MR) is 104 cm³/mol. The SMILES string of the molecule is Cn1c(=O)c2c(CC(=O)NCCc3ccc(Cl)cc3Cl)coc2n(C)c1=O. The summed E-state index contributed by atoms with van der Waals surface area (Å²) in [5, 5.41) is 4.11. The molecule has 0 aliphatic rings. The van der Waals surface area contributed by atoms with E-state index in [1.165, 1.54) is 24.9 Å². The van der Waals surface area contributed by atoms with Crippen LogP contribution in [0.25, 0.3) is 11.1 Å². The molecular formula is C18H17Cl2N3O4. The molecule has 0 saturated heterocycles. The molecule has 0 spiro atoms. The highest BCUT2D eigenvalue weighted by atomic mass is 35.5. The van der Waals surface area contributed by atoms with Crippen molar-refractivity contribution in [1.82, 2.24) is 14.5 Å². The van der Waals surface area contributed by atoms with Crippen molar-refractivity contribution in [1.29, 1.82) is 0 Å². The minimum atomic E-state index is -0.488. The molecule has 0 aliphatic carbocycles. The van der Waals surface area contributed by atoms with Crippen molar-refractivity contribution in [3.63, 3.8) is 0 Å². The Bertz CT molecular complexity index is 1140. The van der Waals surface area contributed by atoms with Gasteiger partial charge in [-0.25, -0.2) is 4.79 Å². The van der Waals surface area contributed by atoms with Gasteiger partial charge in [-0.2, -0.15) is 0 Å². The van der Waals surface area contributed by atoms with Gasteiger partial charge in [0.2, 0.25) is 11.6 Å². The summed E-state index contributed by atoms with van der Waals surface area (Å²) in [6, 6.07) is 5.20. The first-order chi connectivity index (χ1) is 12.8. The van der Waals surface area contributed by atoms with Crippen molar-refractivity contribution < 1.29 is 9.21 Å². The average Bonchev–Trinajstić information content (AvgIpc) is 3.03. The molecule has 1 aromatic carbocycles. The van der Waals surface area contributed by atoms with Gasteiger partial charge in [-0.05, 0) is 24.1 Å². The minimum absolute atomic E-state index is 0.0329. The number of hydrogen-bond acceptors (Lipinski definition) is 4. The second kappa shape index (κ2) is 7.62. The fourth-order valence-electron chi connectivity index (χ4n) is 2.85. The van der Waals surface area contributed by atoms with Crippen LogP contribution in [0, 0.1) is 0 Å². The van der Waals surface area contributed by atoms with E-state index in [4.69, 9.17) is 27.6 Å². The van der Waals surface area contributed by atoms with Gasteiger partial charge in [0, 0.05) is 36.2 Å². The molecule has 2 aromatic heterocycles. The molecule has 3 rings (SSSR count). The first kappa shape index (κ1) is 19.3. The zero-order valence-electron chi connectivity index (χ0n) is 14.7. The minimum Gasteiger partial charge on any atom is -0.447 e. The Hall–Kier alpha value is -2.51. The Kier molecular flexibility index (Phi) is 5.43. The summed E-state index contributed by atoms with van der Waals surface area (Å²) in [6.07, 6.45) is 1.85. The highest BCUT2D eigenvalue weighted by Gasteiger charge is 2.18. The molecule has 0 saturated carbocycles. The molecule has 0 unspecified atom stereocenters. The van der Waals surface area contributed by atoms with E-state index in [2.05, 4.69) is 5.32 Å². The van der Waals surface area contributed by atoms with Crippen LogP contribution in [0.3, 0.4) is 0 Å². The number of rotatable bonds is 5. The maximum Gasteiger partial charge on any atom is 0.333 e. The fourth-order valence-corrected chi connectivity index (χ4v) is 3.35. The van der Waals surface area contributed by atoms with E-state index in [1.54, 1.807) is 12.1 Å².